The Balaban J connectivity index is 2.15. The molecular weight excluding hydrogens is 346 g/mol. The first-order chi connectivity index (χ1) is 13.1. The molecule has 2 aromatic carbocycles. The zero-order valence-corrected chi connectivity index (χ0v) is 14.5. The molecule has 0 atom stereocenters. The van der Waals surface area contributed by atoms with Gasteiger partial charge < -0.3 is 14.0 Å². The van der Waals surface area contributed by atoms with E-state index in [0.717, 1.165) is 5.56 Å². The van der Waals surface area contributed by atoms with Gasteiger partial charge in [-0.05, 0) is 24.3 Å². The molecular formula is C20H15N3O4. The summed E-state index contributed by atoms with van der Waals surface area (Å²) in [5.74, 6) is 6.57. The maximum atomic E-state index is 11.0. The van der Waals surface area contributed by atoms with Crippen molar-refractivity contribution in [2.75, 3.05) is 13.7 Å². The number of aromatic nitrogens is 2. The van der Waals surface area contributed by atoms with Gasteiger partial charge in [-0.2, -0.15) is 0 Å². The van der Waals surface area contributed by atoms with Crippen LogP contribution >= 0.6 is 0 Å². The van der Waals surface area contributed by atoms with Gasteiger partial charge in [-0.25, -0.2) is 4.98 Å². The highest BCUT2D eigenvalue weighted by Crippen LogP contribution is 2.34. The summed E-state index contributed by atoms with van der Waals surface area (Å²) in [5, 5.41) is 11.0. The van der Waals surface area contributed by atoms with E-state index in [4.69, 9.17) is 22.3 Å². The summed E-state index contributed by atoms with van der Waals surface area (Å²) in [6.45, 7) is 0.385. The Morgan fingerprint density at radius 1 is 1.19 bits per heavy atom. The fraction of sp³-hybridized carbons (Fsp3) is 0.150. The summed E-state index contributed by atoms with van der Waals surface area (Å²) in [4.78, 5) is 15.1. The monoisotopic (exact) mass is 361 g/mol. The third-order valence-electron chi connectivity index (χ3n) is 3.92. The van der Waals surface area contributed by atoms with Gasteiger partial charge in [-0.15, -0.1) is 12.8 Å². The zero-order chi connectivity index (χ0) is 19.4. The molecule has 0 amide bonds. The number of nitrogens with zero attached hydrogens (tertiary/aromatic N) is 3. The lowest BCUT2D eigenvalue weighted by molar-refractivity contribution is -0.384. The second-order valence-corrected chi connectivity index (χ2v) is 5.51. The summed E-state index contributed by atoms with van der Waals surface area (Å²) in [6.07, 6.45) is 10.7. The quantitative estimate of drug-likeness (QED) is 0.382. The molecule has 0 aliphatic carbocycles. The van der Waals surface area contributed by atoms with Crippen molar-refractivity contribution < 1.29 is 14.4 Å². The summed E-state index contributed by atoms with van der Waals surface area (Å²) >= 11 is 0. The van der Waals surface area contributed by atoms with Gasteiger partial charge in [0.05, 0.1) is 29.6 Å². The highest BCUT2D eigenvalue weighted by molar-refractivity contribution is 5.83. The topological polar surface area (TPSA) is 79.4 Å². The van der Waals surface area contributed by atoms with Crippen molar-refractivity contribution in [1.82, 2.24) is 9.55 Å². The van der Waals surface area contributed by atoms with E-state index in [0.29, 0.717) is 28.4 Å². The van der Waals surface area contributed by atoms with Gasteiger partial charge in [0.2, 0.25) is 0 Å². The van der Waals surface area contributed by atoms with Crippen molar-refractivity contribution in [3.05, 3.63) is 46.5 Å². The molecule has 0 saturated carbocycles. The highest BCUT2D eigenvalue weighted by atomic mass is 16.6. The molecule has 1 heterocycles. The molecule has 3 aromatic rings. The Morgan fingerprint density at radius 3 is 2.67 bits per heavy atom. The number of non-ortho nitro benzene ring substituents is 1. The second kappa shape index (κ2) is 7.51. The molecule has 0 bridgehead atoms. The van der Waals surface area contributed by atoms with E-state index >= 15 is 0 Å². The third kappa shape index (κ3) is 3.39. The maximum absolute atomic E-state index is 11.0. The van der Waals surface area contributed by atoms with Crippen molar-refractivity contribution in [2.24, 2.45) is 0 Å². The van der Waals surface area contributed by atoms with Gasteiger partial charge in [-0.3, -0.25) is 10.1 Å². The number of terminal acetylenes is 2. The zero-order valence-electron chi connectivity index (χ0n) is 14.5. The molecule has 0 radical (unpaired) electrons. The van der Waals surface area contributed by atoms with E-state index in [9.17, 15) is 10.1 Å². The molecule has 7 heteroatoms. The normalized spacial score (nSPS) is 10.2. The van der Waals surface area contributed by atoms with E-state index in [1.807, 2.05) is 4.57 Å². The fourth-order valence-corrected chi connectivity index (χ4v) is 2.75. The first-order valence-electron chi connectivity index (χ1n) is 7.92. The van der Waals surface area contributed by atoms with Crippen molar-refractivity contribution in [3.8, 4) is 47.6 Å². The summed E-state index contributed by atoms with van der Waals surface area (Å²) in [5.41, 5.74) is 1.89. The van der Waals surface area contributed by atoms with Crippen molar-refractivity contribution >= 4 is 16.7 Å². The van der Waals surface area contributed by atoms with Crippen LogP contribution in [0.5, 0.6) is 11.5 Å². The standard InChI is InChI=1S/C20H15N3O4/c1-4-10-22-17-8-7-15(23(24)25)13-16(17)21-20(22)14-6-9-18(27-11-5-2)19(12-14)26-3/h1-2,6-9,12-13H,10-11H2,3H3. The molecule has 27 heavy (non-hydrogen) atoms. The maximum Gasteiger partial charge on any atom is 0.271 e. The molecule has 7 nitrogen and oxygen atoms in total. The number of fused-ring (bicyclic) bond motifs is 1. The van der Waals surface area contributed by atoms with Crippen LogP contribution in [0.2, 0.25) is 0 Å². The van der Waals surface area contributed by atoms with E-state index in [1.165, 1.54) is 19.2 Å². The van der Waals surface area contributed by atoms with E-state index < -0.39 is 4.92 Å². The van der Waals surface area contributed by atoms with Crippen LogP contribution in [0.25, 0.3) is 22.4 Å². The fourth-order valence-electron chi connectivity index (χ4n) is 2.75. The summed E-state index contributed by atoms with van der Waals surface area (Å²) in [7, 11) is 1.52. The van der Waals surface area contributed by atoms with Crippen molar-refractivity contribution in [3.63, 3.8) is 0 Å². The van der Waals surface area contributed by atoms with Crippen LogP contribution in [0.4, 0.5) is 5.69 Å². The Bertz CT molecular complexity index is 1100. The number of rotatable bonds is 6. The summed E-state index contributed by atoms with van der Waals surface area (Å²) in [6, 6.07) is 9.79. The Morgan fingerprint density at radius 2 is 2.00 bits per heavy atom. The molecule has 134 valence electrons. The molecule has 0 aliphatic rings. The smallest absolute Gasteiger partial charge is 0.271 e. The van der Waals surface area contributed by atoms with Crippen LogP contribution in [0.3, 0.4) is 0 Å². The van der Waals surface area contributed by atoms with Crippen LogP contribution in [0.15, 0.2) is 36.4 Å². The Labute approximate surface area is 155 Å². The third-order valence-corrected chi connectivity index (χ3v) is 3.92. The average Bonchev–Trinajstić information content (AvgIpc) is 3.04. The molecule has 1 aromatic heterocycles. The second-order valence-electron chi connectivity index (χ2n) is 5.51. The predicted octanol–water partition coefficient (Wildman–Crippen LogP) is 3.27. The minimum absolute atomic E-state index is 0.0324. The number of imidazole rings is 1. The van der Waals surface area contributed by atoms with Gasteiger partial charge in [0.1, 0.15) is 12.4 Å². The Hall–Kier alpha value is -3.97. The molecule has 0 fully saturated rings. The van der Waals surface area contributed by atoms with Gasteiger partial charge in [0.25, 0.3) is 5.69 Å². The molecule has 0 N–H and O–H groups in total. The number of nitro benzene ring substituents is 1. The van der Waals surface area contributed by atoms with Crippen LogP contribution in [-0.2, 0) is 6.54 Å². The molecule has 3 rings (SSSR count). The first-order valence-corrected chi connectivity index (χ1v) is 7.92. The van der Waals surface area contributed by atoms with E-state index in [2.05, 4.69) is 16.8 Å². The Kier molecular flexibility index (Phi) is 4.96. The lowest BCUT2D eigenvalue weighted by Gasteiger charge is -2.11. The lowest BCUT2D eigenvalue weighted by Crippen LogP contribution is -2.00. The minimum atomic E-state index is -0.458. The number of benzene rings is 2. The summed E-state index contributed by atoms with van der Waals surface area (Å²) < 4.78 is 12.6. The SMILES string of the molecule is C#CCOc1ccc(-c2nc3cc([N+](=O)[O-])ccc3n2CC#C)cc1OC. The van der Waals surface area contributed by atoms with Gasteiger partial charge >= 0.3 is 0 Å². The predicted molar refractivity (Wildman–Crippen MR) is 102 cm³/mol. The number of ether oxygens (including phenoxy) is 2. The van der Waals surface area contributed by atoms with Crippen LogP contribution < -0.4 is 9.47 Å². The highest BCUT2D eigenvalue weighted by Gasteiger charge is 2.17. The van der Waals surface area contributed by atoms with Crippen LogP contribution in [0, 0.1) is 34.8 Å². The molecule has 0 unspecified atom stereocenters. The van der Waals surface area contributed by atoms with E-state index in [-0.39, 0.29) is 18.8 Å². The van der Waals surface area contributed by atoms with Crippen LogP contribution in [-0.4, -0.2) is 28.2 Å². The van der Waals surface area contributed by atoms with Crippen molar-refractivity contribution in [2.45, 2.75) is 6.54 Å². The van der Waals surface area contributed by atoms with E-state index in [1.54, 1.807) is 24.3 Å². The lowest BCUT2D eigenvalue weighted by atomic mass is 10.2. The number of hydrogen-bond acceptors (Lipinski definition) is 5. The van der Waals surface area contributed by atoms with Gasteiger partial charge in [0, 0.05) is 17.7 Å². The van der Waals surface area contributed by atoms with Gasteiger partial charge in [0.15, 0.2) is 11.5 Å². The average molecular weight is 361 g/mol. The molecule has 0 aliphatic heterocycles. The van der Waals surface area contributed by atoms with Crippen LogP contribution in [0.1, 0.15) is 0 Å². The van der Waals surface area contributed by atoms with Crippen molar-refractivity contribution in [1.29, 1.82) is 0 Å². The minimum Gasteiger partial charge on any atom is -0.493 e. The molecule has 0 saturated heterocycles. The first kappa shape index (κ1) is 17.8. The molecule has 0 spiro atoms. The number of methoxy groups -OCH3 is 1. The number of hydrogen-bond donors (Lipinski definition) is 0. The number of nitro groups is 1. The van der Waals surface area contributed by atoms with Gasteiger partial charge in [-0.1, -0.05) is 11.8 Å². The largest absolute Gasteiger partial charge is 0.493 e.